The van der Waals surface area contributed by atoms with Crippen LogP contribution in [0.3, 0.4) is 0 Å². The fraction of sp³-hybridized carbons (Fsp3) is 0.698. The van der Waals surface area contributed by atoms with Crippen LogP contribution in [-0.2, 0) is 94.9 Å². The Balaban J connectivity index is 0.000000310. The number of nitrogens with zero attached hydrogens (tertiary/aromatic N) is 6. The third kappa shape index (κ3) is 22.8. The van der Waals surface area contributed by atoms with Crippen molar-refractivity contribution in [1.29, 1.82) is 0 Å². The van der Waals surface area contributed by atoms with Crippen molar-refractivity contribution in [3.05, 3.63) is 34.4 Å². The lowest BCUT2D eigenvalue weighted by molar-refractivity contribution is -0.384. The summed E-state index contributed by atoms with van der Waals surface area (Å²) in [5.41, 5.74) is -2.63. The number of benzene rings is 1. The molecule has 0 aromatic heterocycles. The molecule has 0 spiro atoms. The van der Waals surface area contributed by atoms with E-state index in [4.69, 9.17) is 31.1 Å². The van der Waals surface area contributed by atoms with E-state index < -0.39 is 136 Å². The first-order valence-corrected chi connectivity index (χ1v) is 31.2. The number of nitrogens with one attached hydrogen (secondary N) is 3. The van der Waals surface area contributed by atoms with Crippen LogP contribution in [0.15, 0.2) is 24.3 Å². The molecule has 0 radical (unpaired) electrons. The zero-order valence-electron chi connectivity index (χ0n) is 50.9. The number of rotatable bonds is 24. The van der Waals surface area contributed by atoms with Crippen LogP contribution in [-0.4, -0.2) is 222 Å². The normalized spacial score (nSPS) is 20.0. The maximum Gasteiger partial charge on any atom is 0.516 e. The van der Waals surface area contributed by atoms with Crippen molar-refractivity contribution in [1.82, 2.24) is 40.8 Å². The van der Waals surface area contributed by atoms with E-state index in [-0.39, 0.29) is 69.1 Å². The Labute approximate surface area is 526 Å². The van der Waals surface area contributed by atoms with Crippen LogP contribution < -0.4 is 20.7 Å². The third-order valence-electron chi connectivity index (χ3n) is 14.3. The molecule has 6 fully saturated rings. The number of hydroxylamine groups is 4. The first-order valence-electron chi connectivity index (χ1n) is 28.6. The number of nitro benzene ring substituents is 1. The van der Waals surface area contributed by atoms with Gasteiger partial charge in [-0.25, -0.2) is 27.5 Å². The van der Waals surface area contributed by atoms with Crippen LogP contribution in [0.5, 0.6) is 5.75 Å². The van der Waals surface area contributed by atoms with Crippen LogP contribution in [0, 0.1) is 20.9 Å². The van der Waals surface area contributed by atoms with Crippen LogP contribution in [0.4, 0.5) is 24.9 Å². The number of likely N-dealkylation sites (tertiary alicyclic amines) is 1. The van der Waals surface area contributed by atoms with Gasteiger partial charge in [0.2, 0.25) is 25.4 Å². The third-order valence-corrected chi connectivity index (χ3v) is 15.8. The van der Waals surface area contributed by atoms with Crippen molar-refractivity contribution < 1.29 is 120 Å². The fourth-order valence-electron chi connectivity index (χ4n) is 9.40. The lowest BCUT2D eigenvalue weighted by Gasteiger charge is -2.34. The minimum atomic E-state index is -4.70. The van der Waals surface area contributed by atoms with E-state index in [9.17, 15) is 74.9 Å². The SMILES string of the molecule is C.CC(=O)OCOC(=O)Oc1ccc([N+](=O)[O-])cc1.CCOC(=O)C(C)(C)COS(=O)(=O)ON1C(=O)N2C[C@H]1CC[C@H]2C(=O)NC1CCN(C(=O)OCOC(C)=O)CC1.CCOC(=O)C(C)(C)COS(=O)(=O)ON1C(=O)N2C[C@H]1CC[C@H]2C(=O)NC1CCNCC1. The van der Waals surface area contributed by atoms with E-state index in [1.165, 1.54) is 73.6 Å². The molecule has 7 amide bonds. The molecule has 512 valence electrons. The Kier molecular flexibility index (Phi) is 28.3. The van der Waals surface area contributed by atoms with Gasteiger partial charge in [0.05, 0.1) is 54.3 Å². The Morgan fingerprint density at radius 1 is 0.615 bits per heavy atom. The summed E-state index contributed by atoms with van der Waals surface area (Å²) in [6.07, 6.45) is 2.26. The number of hydrogen-bond donors (Lipinski definition) is 3. The Morgan fingerprint density at radius 2 is 1.03 bits per heavy atom. The zero-order chi connectivity index (χ0) is 66.7. The number of ether oxygens (including phenoxy) is 7. The van der Waals surface area contributed by atoms with Crippen molar-refractivity contribution in [3.63, 3.8) is 0 Å². The Hall–Kier alpha value is -7.78. The van der Waals surface area contributed by atoms with E-state index in [2.05, 4.69) is 34.9 Å². The number of urea groups is 2. The van der Waals surface area contributed by atoms with Crippen LogP contribution >= 0.6 is 0 Å². The molecule has 0 saturated carbocycles. The molecule has 36 nitrogen and oxygen atoms in total. The van der Waals surface area contributed by atoms with Gasteiger partial charge in [-0.1, -0.05) is 7.43 Å². The van der Waals surface area contributed by atoms with Crippen LogP contribution in [0.25, 0.3) is 0 Å². The molecular weight excluding hydrogens is 1260 g/mol. The van der Waals surface area contributed by atoms with Gasteiger partial charge >= 0.3 is 69.0 Å². The largest absolute Gasteiger partial charge is 0.516 e. The quantitative estimate of drug-likeness (QED) is 0.0334. The summed E-state index contributed by atoms with van der Waals surface area (Å²) in [5, 5.41) is 20.9. The number of non-ortho nitro benzene ring substituents is 1. The van der Waals surface area contributed by atoms with E-state index in [1.807, 2.05) is 0 Å². The number of carbonyl (C=O) groups excluding carboxylic acids is 10. The summed E-state index contributed by atoms with van der Waals surface area (Å²) < 4.78 is 102. The molecule has 6 aliphatic rings. The molecule has 6 heterocycles. The van der Waals surface area contributed by atoms with Gasteiger partial charge < -0.3 is 63.8 Å². The first-order chi connectivity index (χ1) is 42.3. The molecule has 6 aliphatic heterocycles. The second-order valence-corrected chi connectivity index (χ2v) is 24.6. The summed E-state index contributed by atoms with van der Waals surface area (Å²) in [4.78, 5) is 134. The molecule has 0 aliphatic carbocycles. The number of amides is 7. The summed E-state index contributed by atoms with van der Waals surface area (Å²) in [5.74, 6) is -2.98. The lowest BCUT2D eigenvalue weighted by atomic mass is 9.95. The summed E-state index contributed by atoms with van der Waals surface area (Å²) in [6, 6.07) is 0.548. The molecule has 1 aromatic carbocycles. The molecule has 0 unspecified atom stereocenters. The van der Waals surface area contributed by atoms with E-state index in [0.717, 1.165) is 37.9 Å². The summed E-state index contributed by atoms with van der Waals surface area (Å²) in [6.45, 7) is 12.2. The number of carbonyl (C=O) groups is 10. The maximum absolute atomic E-state index is 13.0. The predicted octanol–water partition coefficient (Wildman–Crippen LogP) is 2.45. The molecule has 1 aromatic rings. The number of piperidine rings is 4. The summed E-state index contributed by atoms with van der Waals surface area (Å²) in [7, 11) is -9.31. The number of fused-ring (bicyclic) bond motifs is 4. The highest BCUT2D eigenvalue weighted by Crippen LogP contribution is 2.34. The zero-order valence-corrected chi connectivity index (χ0v) is 52.6. The predicted molar refractivity (Wildman–Crippen MR) is 308 cm³/mol. The van der Waals surface area contributed by atoms with Gasteiger partial charge in [0.1, 0.15) is 17.8 Å². The number of nitro groups is 1. The monoisotopic (exact) mass is 1340 g/mol. The van der Waals surface area contributed by atoms with Crippen LogP contribution in [0.1, 0.15) is 114 Å². The first kappa shape index (κ1) is 75.7. The van der Waals surface area contributed by atoms with Crippen molar-refractivity contribution in [2.45, 2.75) is 150 Å². The highest BCUT2D eigenvalue weighted by Gasteiger charge is 2.52. The average Bonchev–Trinajstić information content (AvgIpc) is 1.64. The average molecular weight is 1340 g/mol. The van der Waals surface area contributed by atoms with Gasteiger partial charge in [0.25, 0.3) is 5.69 Å². The van der Waals surface area contributed by atoms with Gasteiger partial charge in [-0.05, 0) is 118 Å². The van der Waals surface area contributed by atoms with Crippen LogP contribution in [0.2, 0.25) is 0 Å². The van der Waals surface area contributed by atoms with Crippen molar-refractivity contribution >= 4 is 86.5 Å². The van der Waals surface area contributed by atoms with E-state index in [1.54, 1.807) is 13.8 Å². The molecule has 38 heteroatoms. The second-order valence-electron chi connectivity index (χ2n) is 22.2. The van der Waals surface area contributed by atoms with Crippen molar-refractivity contribution in [2.75, 3.05) is 79.3 Å². The Bertz CT molecular complexity index is 2980. The maximum atomic E-state index is 13.0. The molecular formula is C53H81N9O27S2. The fourth-order valence-corrected chi connectivity index (χ4v) is 11.1. The molecule has 91 heavy (non-hydrogen) atoms. The molecule has 4 bridgehead atoms. The molecule has 3 N–H and O–H groups in total. The van der Waals surface area contributed by atoms with Crippen molar-refractivity contribution in [2.24, 2.45) is 10.8 Å². The van der Waals surface area contributed by atoms with Crippen molar-refractivity contribution in [3.8, 4) is 5.75 Å². The molecule has 6 saturated heterocycles. The van der Waals surface area contributed by atoms with Gasteiger partial charge in [-0.15, -0.1) is 8.57 Å². The highest BCUT2D eigenvalue weighted by atomic mass is 32.3. The lowest BCUT2D eigenvalue weighted by Crippen LogP contribution is -2.54. The smallest absolute Gasteiger partial charge is 0.466 e. The number of esters is 4. The molecule has 7 rings (SSSR count). The highest BCUT2D eigenvalue weighted by molar-refractivity contribution is 7.82. The van der Waals surface area contributed by atoms with Gasteiger partial charge in [-0.2, -0.15) is 27.0 Å². The topological polar surface area (TPSA) is 436 Å². The number of hydrogen-bond acceptors (Lipinski definition) is 28. The minimum absolute atomic E-state index is 0. The van der Waals surface area contributed by atoms with Gasteiger partial charge in [-0.3, -0.25) is 38.9 Å². The van der Waals surface area contributed by atoms with Gasteiger partial charge in [0.15, 0.2) is 0 Å². The van der Waals surface area contributed by atoms with E-state index in [0.29, 0.717) is 56.7 Å². The standard InChI is InChI=1S/C23H36N4O12S.C19H32N4O8S.C10H9NO7.CH4/c1-5-35-20(30)23(3,4)13-38-40(33,34)39-27-17-6-7-18(26(12-17)21(27)31)19(29)24-16-8-10-25(11-9-16)22(32)37-14-36-15(2)28;1-4-29-17(25)19(2,3)12-30-32(27,28)31-23-14-5-6-15(22(11-14)18(23)26)16(24)21-13-7-9-20-10-8-13;1-7(12)16-6-17-10(13)18-9-4-2-8(3-5-9)11(14)15;/h16-18H,5-14H2,1-4H3,(H,24,29);13-15,20H,4-12H2,1-3H3,(H,21,24);2-5H,6H2,1H3;1H4/t17-,18+;14-,15+;;/m11../s1. The molecule has 4 atom stereocenters. The Morgan fingerprint density at radius 3 is 1.44 bits per heavy atom. The van der Waals surface area contributed by atoms with Gasteiger partial charge in [0, 0.05) is 64.2 Å². The second kappa shape index (κ2) is 34.0. The van der Waals surface area contributed by atoms with E-state index >= 15 is 0 Å². The summed E-state index contributed by atoms with van der Waals surface area (Å²) >= 11 is 0. The minimum Gasteiger partial charge on any atom is -0.466 e.